The summed E-state index contributed by atoms with van der Waals surface area (Å²) in [6.45, 7) is 6.30. The summed E-state index contributed by atoms with van der Waals surface area (Å²) < 4.78 is 32.7. The summed E-state index contributed by atoms with van der Waals surface area (Å²) in [5, 5.41) is 9.43. The zero-order chi connectivity index (χ0) is 28.0. The van der Waals surface area contributed by atoms with E-state index in [4.69, 9.17) is 16.7 Å². The molecule has 0 radical (unpaired) electrons. The zero-order valence-electron chi connectivity index (χ0n) is 23.1. The number of fused-ring (bicyclic) bond motifs is 2. The van der Waals surface area contributed by atoms with Gasteiger partial charge in [0.1, 0.15) is 0 Å². The van der Waals surface area contributed by atoms with Crippen LogP contribution in [0.4, 0.5) is 20.3 Å². The maximum atomic E-state index is 14.4. The van der Waals surface area contributed by atoms with Crippen LogP contribution in [-0.4, -0.2) is 73.9 Å². The molecule has 0 unspecified atom stereocenters. The van der Waals surface area contributed by atoms with Crippen molar-refractivity contribution in [1.82, 2.24) is 29.4 Å². The molecule has 1 saturated heterocycles. The highest BCUT2D eigenvalue weighted by atomic mass is 35.5. The number of nitrogens with zero attached hydrogens (tertiary/aromatic N) is 7. The topological polar surface area (TPSA) is 62.4 Å². The number of aryl methyl sites for hydroxylation is 2. The van der Waals surface area contributed by atoms with Crippen LogP contribution in [0.25, 0.3) is 11.1 Å². The molecule has 40 heavy (non-hydrogen) atoms. The first-order valence-corrected chi connectivity index (χ1v) is 14.7. The molecular formula is C29H36ClF2N7O. The number of aromatic nitrogens is 4. The van der Waals surface area contributed by atoms with E-state index in [9.17, 15) is 13.6 Å². The van der Waals surface area contributed by atoms with Gasteiger partial charge in [-0.2, -0.15) is 10.2 Å². The van der Waals surface area contributed by atoms with Gasteiger partial charge in [0.25, 0.3) is 6.43 Å². The summed E-state index contributed by atoms with van der Waals surface area (Å²) in [6, 6.07) is 3.84. The number of piperidine rings is 1. The van der Waals surface area contributed by atoms with Gasteiger partial charge in [0.2, 0.25) is 5.91 Å². The molecule has 1 amide bonds. The molecule has 3 aliphatic heterocycles. The van der Waals surface area contributed by atoms with Gasteiger partial charge >= 0.3 is 0 Å². The second kappa shape index (κ2) is 11.1. The van der Waals surface area contributed by atoms with Crippen molar-refractivity contribution in [3.63, 3.8) is 0 Å². The maximum absolute atomic E-state index is 14.4. The van der Waals surface area contributed by atoms with Crippen molar-refractivity contribution < 1.29 is 13.6 Å². The normalized spacial score (nSPS) is 18.4. The first kappa shape index (κ1) is 27.2. The summed E-state index contributed by atoms with van der Waals surface area (Å²) in [7, 11) is 1.79. The lowest BCUT2D eigenvalue weighted by Gasteiger charge is -2.33. The largest absolute Gasteiger partial charge is 0.338 e. The van der Waals surface area contributed by atoms with Gasteiger partial charge in [-0.15, -0.1) is 11.6 Å². The lowest BCUT2D eigenvalue weighted by molar-refractivity contribution is -0.129. The van der Waals surface area contributed by atoms with Crippen LogP contribution in [0.3, 0.4) is 0 Å². The smallest absolute Gasteiger partial charge is 0.264 e. The average molecular weight is 572 g/mol. The van der Waals surface area contributed by atoms with Crippen molar-refractivity contribution in [2.24, 2.45) is 7.05 Å². The van der Waals surface area contributed by atoms with E-state index < -0.39 is 6.43 Å². The number of hydrogen-bond acceptors (Lipinski definition) is 5. The SMILES string of the molecule is CC(=O)N1CCc2c(c(N3CCCc4cc(-c5cnn(C)c5)c(C(F)F)cc43)nn2C2CCN(CCCl)CC2)C1. The number of anilines is 2. The summed E-state index contributed by atoms with van der Waals surface area (Å²) >= 11 is 5.98. The van der Waals surface area contributed by atoms with E-state index in [0.717, 1.165) is 74.4 Å². The van der Waals surface area contributed by atoms with E-state index in [1.165, 1.54) is 5.69 Å². The lowest BCUT2D eigenvalue weighted by Crippen LogP contribution is -2.38. The van der Waals surface area contributed by atoms with Crippen molar-refractivity contribution in [1.29, 1.82) is 0 Å². The van der Waals surface area contributed by atoms with Gasteiger partial charge in [-0.1, -0.05) is 0 Å². The quantitative estimate of drug-likeness (QED) is 0.386. The molecule has 5 heterocycles. The molecule has 11 heteroatoms. The molecular weight excluding hydrogens is 536 g/mol. The standard InChI is InChI=1S/C29H36ClF2N7O/c1-19(40)37-12-7-26-25(18-37)29(34-39(26)22-5-10-36(11-6-22)13-8-30)38-9-3-4-20-14-23(21-16-33-35(2)17-21)24(28(31)32)15-27(20)38/h14-17,22,28H,3-13,18H2,1-2H3. The minimum absolute atomic E-state index is 0.00368. The van der Waals surface area contributed by atoms with Gasteiger partial charge in [-0.25, -0.2) is 8.78 Å². The number of halogens is 3. The Labute approximate surface area is 238 Å². The van der Waals surface area contributed by atoms with E-state index in [1.54, 1.807) is 37.1 Å². The van der Waals surface area contributed by atoms with Gasteiger partial charge in [0.15, 0.2) is 5.82 Å². The lowest BCUT2D eigenvalue weighted by atomic mass is 9.92. The molecule has 214 valence electrons. The summed E-state index contributed by atoms with van der Waals surface area (Å²) in [5.74, 6) is 1.47. The van der Waals surface area contributed by atoms with Gasteiger partial charge in [-0.05, 0) is 48.9 Å². The first-order chi connectivity index (χ1) is 19.3. The third-order valence-electron chi connectivity index (χ3n) is 8.69. The molecule has 6 rings (SSSR count). The van der Waals surface area contributed by atoms with E-state index in [2.05, 4.69) is 19.6 Å². The fourth-order valence-electron chi connectivity index (χ4n) is 6.58. The summed E-state index contributed by atoms with van der Waals surface area (Å²) in [5.41, 5.74) is 5.28. The van der Waals surface area contributed by atoms with E-state index in [1.807, 2.05) is 11.0 Å². The molecule has 0 saturated carbocycles. The van der Waals surface area contributed by atoms with Gasteiger partial charge < -0.3 is 14.7 Å². The van der Waals surface area contributed by atoms with Gasteiger partial charge in [0, 0.05) is 93.3 Å². The number of carbonyl (C=O) groups excluding carboxylic acids is 1. The number of amides is 1. The van der Waals surface area contributed by atoms with Crippen molar-refractivity contribution in [3.8, 4) is 11.1 Å². The molecule has 0 aliphatic carbocycles. The number of benzene rings is 1. The molecule has 1 aromatic carbocycles. The van der Waals surface area contributed by atoms with Crippen molar-refractivity contribution in [3.05, 3.63) is 46.9 Å². The fraction of sp³-hybridized carbons (Fsp3) is 0.552. The first-order valence-electron chi connectivity index (χ1n) is 14.2. The number of rotatable bonds is 6. The Hall–Kier alpha value is -2.98. The minimum atomic E-state index is -2.62. The Morgan fingerprint density at radius 1 is 1.15 bits per heavy atom. The van der Waals surface area contributed by atoms with Crippen LogP contribution in [0, 0.1) is 0 Å². The van der Waals surface area contributed by atoms with Crippen LogP contribution in [0.5, 0.6) is 0 Å². The van der Waals surface area contributed by atoms with E-state index >= 15 is 0 Å². The molecule has 0 N–H and O–H groups in total. The molecule has 1 fully saturated rings. The number of carbonyl (C=O) groups is 1. The third-order valence-corrected chi connectivity index (χ3v) is 8.86. The molecule has 8 nitrogen and oxygen atoms in total. The second-order valence-corrected chi connectivity index (χ2v) is 11.6. The molecule has 0 atom stereocenters. The molecule has 2 aromatic heterocycles. The van der Waals surface area contributed by atoms with Crippen LogP contribution in [0.2, 0.25) is 0 Å². The Morgan fingerprint density at radius 3 is 2.62 bits per heavy atom. The summed E-state index contributed by atoms with van der Waals surface area (Å²) in [4.78, 5) is 18.8. The number of hydrogen-bond donors (Lipinski definition) is 0. The van der Waals surface area contributed by atoms with Crippen LogP contribution in [0.1, 0.15) is 61.0 Å². The minimum Gasteiger partial charge on any atom is -0.338 e. The highest BCUT2D eigenvalue weighted by molar-refractivity contribution is 6.18. The van der Waals surface area contributed by atoms with Crippen LogP contribution < -0.4 is 4.90 Å². The van der Waals surface area contributed by atoms with Crippen LogP contribution in [0.15, 0.2) is 24.5 Å². The van der Waals surface area contributed by atoms with Crippen LogP contribution in [-0.2, 0) is 31.2 Å². The number of likely N-dealkylation sites (tertiary alicyclic amines) is 1. The number of alkyl halides is 3. The fourth-order valence-corrected chi connectivity index (χ4v) is 6.82. The Morgan fingerprint density at radius 2 is 1.95 bits per heavy atom. The Bertz CT molecular complexity index is 1400. The predicted molar refractivity (Wildman–Crippen MR) is 151 cm³/mol. The van der Waals surface area contributed by atoms with Crippen LogP contribution >= 0.6 is 11.6 Å². The molecule has 3 aromatic rings. The Balaban J connectivity index is 1.42. The zero-order valence-corrected chi connectivity index (χ0v) is 23.9. The molecule has 0 bridgehead atoms. The maximum Gasteiger partial charge on any atom is 0.264 e. The highest BCUT2D eigenvalue weighted by Gasteiger charge is 2.34. The van der Waals surface area contributed by atoms with Crippen molar-refractivity contribution in [2.75, 3.05) is 43.5 Å². The van der Waals surface area contributed by atoms with Gasteiger partial charge in [-0.3, -0.25) is 14.2 Å². The second-order valence-electron chi connectivity index (χ2n) is 11.2. The summed E-state index contributed by atoms with van der Waals surface area (Å²) in [6.07, 6.45) is 5.21. The highest BCUT2D eigenvalue weighted by Crippen LogP contribution is 2.43. The Kier molecular flexibility index (Phi) is 7.56. The van der Waals surface area contributed by atoms with Gasteiger partial charge in [0.05, 0.1) is 18.8 Å². The van der Waals surface area contributed by atoms with E-state index in [-0.39, 0.29) is 17.5 Å². The average Bonchev–Trinajstić information content (AvgIpc) is 3.56. The van der Waals surface area contributed by atoms with Crippen molar-refractivity contribution >= 4 is 29.0 Å². The molecule has 0 spiro atoms. The monoisotopic (exact) mass is 571 g/mol. The van der Waals surface area contributed by atoms with Crippen molar-refractivity contribution in [2.45, 2.75) is 58.0 Å². The predicted octanol–water partition coefficient (Wildman–Crippen LogP) is 5.09. The van der Waals surface area contributed by atoms with E-state index in [0.29, 0.717) is 36.6 Å². The third kappa shape index (κ3) is 5.00. The molecule has 3 aliphatic rings.